The third-order valence-corrected chi connectivity index (χ3v) is 3.53. The van der Waals surface area contributed by atoms with Gasteiger partial charge in [-0.15, -0.1) is 0 Å². The zero-order valence-electron chi connectivity index (χ0n) is 14.2. The SMILES string of the molecule is Cc1noc(C(C)C)c1C(=O)OCC(=O)NCCc1ccccc1. The van der Waals surface area contributed by atoms with Crippen LogP contribution in [-0.2, 0) is 16.0 Å². The summed E-state index contributed by atoms with van der Waals surface area (Å²) in [6, 6.07) is 9.83. The highest BCUT2D eigenvalue weighted by atomic mass is 16.5. The van der Waals surface area contributed by atoms with E-state index in [0.717, 1.165) is 12.0 Å². The molecule has 1 aromatic carbocycles. The molecule has 6 nitrogen and oxygen atoms in total. The van der Waals surface area contributed by atoms with Gasteiger partial charge in [0.2, 0.25) is 0 Å². The summed E-state index contributed by atoms with van der Waals surface area (Å²) in [5.74, 6) is -0.439. The molecule has 0 radical (unpaired) electrons. The van der Waals surface area contributed by atoms with Crippen molar-refractivity contribution >= 4 is 11.9 Å². The van der Waals surface area contributed by atoms with Crippen molar-refractivity contribution < 1.29 is 18.8 Å². The quantitative estimate of drug-likeness (QED) is 0.789. The van der Waals surface area contributed by atoms with Crippen LogP contribution in [0.3, 0.4) is 0 Å². The molecule has 0 spiro atoms. The highest BCUT2D eigenvalue weighted by molar-refractivity contribution is 5.93. The van der Waals surface area contributed by atoms with Crippen molar-refractivity contribution in [2.75, 3.05) is 13.2 Å². The van der Waals surface area contributed by atoms with Gasteiger partial charge in [0.15, 0.2) is 12.4 Å². The first-order chi connectivity index (χ1) is 11.5. The van der Waals surface area contributed by atoms with Crippen LogP contribution in [0.2, 0.25) is 0 Å². The van der Waals surface area contributed by atoms with E-state index in [1.165, 1.54) is 0 Å². The van der Waals surface area contributed by atoms with E-state index in [4.69, 9.17) is 9.26 Å². The molecule has 0 saturated carbocycles. The van der Waals surface area contributed by atoms with E-state index in [2.05, 4.69) is 10.5 Å². The van der Waals surface area contributed by atoms with Gasteiger partial charge in [-0.1, -0.05) is 49.3 Å². The maximum atomic E-state index is 12.1. The number of benzene rings is 1. The van der Waals surface area contributed by atoms with E-state index in [1.807, 2.05) is 44.2 Å². The maximum absolute atomic E-state index is 12.1. The number of amides is 1. The topological polar surface area (TPSA) is 81.4 Å². The summed E-state index contributed by atoms with van der Waals surface area (Å²) in [5, 5.41) is 6.52. The smallest absolute Gasteiger partial charge is 0.344 e. The van der Waals surface area contributed by atoms with Crippen molar-refractivity contribution in [2.24, 2.45) is 0 Å². The molecule has 0 saturated heterocycles. The van der Waals surface area contributed by atoms with Gasteiger partial charge >= 0.3 is 5.97 Å². The predicted octanol–water partition coefficient (Wildman–Crippen LogP) is 2.62. The Labute approximate surface area is 141 Å². The molecule has 6 heteroatoms. The van der Waals surface area contributed by atoms with Crippen molar-refractivity contribution in [3.8, 4) is 0 Å². The van der Waals surface area contributed by atoms with Gasteiger partial charge in [-0.25, -0.2) is 4.79 Å². The van der Waals surface area contributed by atoms with Crippen LogP contribution in [0.5, 0.6) is 0 Å². The van der Waals surface area contributed by atoms with Gasteiger partial charge in [-0.05, 0) is 18.9 Å². The molecular formula is C18H22N2O4. The number of hydrogen-bond donors (Lipinski definition) is 1. The molecule has 0 aliphatic heterocycles. The molecule has 128 valence electrons. The lowest BCUT2D eigenvalue weighted by atomic mass is 10.1. The van der Waals surface area contributed by atoms with Gasteiger partial charge in [-0.2, -0.15) is 0 Å². The number of carbonyl (C=O) groups is 2. The largest absolute Gasteiger partial charge is 0.452 e. The van der Waals surface area contributed by atoms with E-state index in [0.29, 0.717) is 23.6 Å². The first-order valence-corrected chi connectivity index (χ1v) is 7.93. The van der Waals surface area contributed by atoms with Gasteiger partial charge in [0.25, 0.3) is 5.91 Å². The monoisotopic (exact) mass is 330 g/mol. The van der Waals surface area contributed by atoms with Crippen LogP contribution in [0.4, 0.5) is 0 Å². The van der Waals surface area contributed by atoms with Crippen LogP contribution in [0.25, 0.3) is 0 Å². The number of nitrogens with zero attached hydrogens (tertiary/aromatic N) is 1. The molecular weight excluding hydrogens is 308 g/mol. The summed E-state index contributed by atoms with van der Waals surface area (Å²) >= 11 is 0. The summed E-state index contributed by atoms with van der Waals surface area (Å²) in [5.41, 5.74) is 1.91. The molecule has 0 aliphatic carbocycles. The lowest BCUT2D eigenvalue weighted by Gasteiger charge is -2.08. The van der Waals surface area contributed by atoms with Gasteiger partial charge in [0, 0.05) is 12.5 Å². The molecule has 2 aromatic rings. The van der Waals surface area contributed by atoms with Crippen LogP contribution in [0, 0.1) is 6.92 Å². The minimum absolute atomic E-state index is 0.00782. The van der Waals surface area contributed by atoms with Gasteiger partial charge in [0.1, 0.15) is 5.56 Å². The van der Waals surface area contributed by atoms with Crippen LogP contribution < -0.4 is 5.32 Å². The Morgan fingerprint density at radius 1 is 1.25 bits per heavy atom. The van der Waals surface area contributed by atoms with Crippen molar-refractivity contribution in [2.45, 2.75) is 33.1 Å². The fourth-order valence-electron chi connectivity index (χ4n) is 2.27. The fourth-order valence-corrected chi connectivity index (χ4v) is 2.27. The van der Waals surface area contributed by atoms with Crippen molar-refractivity contribution in [3.05, 3.63) is 52.9 Å². The molecule has 0 fully saturated rings. The van der Waals surface area contributed by atoms with Crippen LogP contribution in [-0.4, -0.2) is 30.2 Å². The Hall–Kier alpha value is -2.63. The second kappa shape index (κ2) is 8.29. The van der Waals surface area contributed by atoms with E-state index < -0.39 is 5.97 Å². The molecule has 0 aliphatic rings. The third-order valence-electron chi connectivity index (χ3n) is 3.53. The maximum Gasteiger partial charge on any atom is 0.344 e. The zero-order chi connectivity index (χ0) is 17.5. The van der Waals surface area contributed by atoms with Crippen molar-refractivity contribution in [1.82, 2.24) is 10.5 Å². The van der Waals surface area contributed by atoms with Gasteiger partial charge in [0.05, 0.1) is 5.69 Å². The van der Waals surface area contributed by atoms with Crippen molar-refractivity contribution in [3.63, 3.8) is 0 Å². The molecule has 0 atom stereocenters. The Morgan fingerprint density at radius 3 is 2.62 bits per heavy atom. The lowest BCUT2D eigenvalue weighted by molar-refractivity contribution is -0.124. The summed E-state index contributed by atoms with van der Waals surface area (Å²) in [7, 11) is 0. The minimum Gasteiger partial charge on any atom is -0.452 e. The second-order valence-electron chi connectivity index (χ2n) is 5.82. The van der Waals surface area contributed by atoms with Crippen LogP contribution in [0.15, 0.2) is 34.9 Å². The summed E-state index contributed by atoms with van der Waals surface area (Å²) in [6.45, 7) is 5.63. The Morgan fingerprint density at radius 2 is 1.96 bits per heavy atom. The molecule has 1 N–H and O–H groups in total. The first kappa shape index (κ1) is 17.7. The normalized spacial score (nSPS) is 10.7. The van der Waals surface area contributed by atoms with E-state index >= 15 is 0 Å². The second-order valence-corrected chi connectivity index (χ2v) is 5.82. The van der Waals surface area contributed by atoms with Crippen LogP contribution in [0.1, 0.15) is 47.1 Å². The Bertz CT molecular complexity index is 692. The minimum atomic E-state index is -0.587. The highest BCUT2D eigenvalue weighted by Gasteiger charge is 2.24. The first-order valence-electron chi connectivity index (χ1n) is 7.93. The molecule has 2 rings (SSSR count). The number of hydrogen-bond acceptors (Lipinski definition) is 5. The Kier molecular flexibility index (Phi) is 6.12. The molecule has 1 aromatic heterocycles. The summed E-state index contributed by atoms with van der Waals surface area (Å²) < 4.78 is 10.2. The number of ether oxygens (including phenoxy) is 1. The lowest BCUT2D eigenvalue weighted by Crippen LogP contribution is -2.30. The van der Waals surface area contributed by atoms with E-state index in [9.17, 15) is 9.59 Å². The third kappa shape index (κ3) is 4.68. The number of carbonyl (C=O) groups excluding carboxylic acids is 2. The predicted molar refractivity (Wildman–Crippen MR) is 88.8 cm³/mol. The average Bonchev–Trinajstić information content (AvgIpc) is 2.95. The Balaban J connectivity index is 1.79. The van der Waals surface area contributed by atoms with E-state index in [-0.39, 0.29) is 18.4 Å². The molecule has 1 heterocycles. The summed E-state index contributed by atoms with van der Waals surface area (Å²) in [6.07, 6.45) is 0.725. The van der Waals surface area contributed by atoms with Crippen LogP contribution >= 0.6 is 0 Å². The number of esters is 1. The fraction of sp³-hybridized carbons (Fsp3) is 0.389. The average molecular weight is 330 g/mol. The number of rotatable bonds is 7. The standard InChI is InChI=1S/C18H22N2O4/c1-12(2)17-16(13(3)20-24-17)18(22)23-11-15(21)19-10-9-14-7-5-4-6-8-14/h4-8,12H,9-11H2,1-3H3,(H,19,21). The summed E-state index contributed by atoms with van der Waals surface area (Å²) in [4.78, 5) is 23.9. The zero-order valence-corrected chi connectivity index (χ0v) is 14.2. The van der Waals surface area contributed by atoms with Crippen molar-refractivity contribution in [1.29, 1.82) is 0 Å². The molecule has 24 heavy (non-hydrogen) atoms. The molecule has 1 amide bonds. The van der Waals surface area contributed by atoms with Gasteiger partial charge in [-0.3, -0.25) is 4.79 Å². The number of aromatic nitrogens is 1. The molecule has 0 bridgehead atoms. The van der Waals surface area contributed by atoms with Gasteiger partial charge < -0.3 is 14.6 Å². The molecule has 0 unspecified atom stereocenters. The number of aryl methyl sites for hydroxylation is 1. The number of nitrogens with one attached hydrogen (secondary N) is 1. The highest BCUT2D eigenvalue weighted by Crippen LogP contribution is 2.22. The van der Waals surface area contributed by atoms with E-state index in [1.54, 1.807) is 6.92 Å².